The topological polar surface area (TPSA) is 57.5 Å². The van der Waals surface area contributed by atoms with E-state index in [4.69, 9.17) is 10.0 Å². The van der Waals surface area contributed by atoms with Gasteiger partial charge in [-0.2, -0.15) is 0 Å². The lowest BCUT2D eigenvalue weighted by Crippen LogP contribution is -2.56. The van der Waals surface area contributed by atoms with Crippen molar-refractivity contribution in [1.29, 1.82) is 0 Å². The highest BCUT2D eigenvalue weighted by molar-refractivity contribution is 6.46. The third kappa shape index (κ3) is 0.740. The summed E-state index contributed by atoms with van der Waals surface area (Å²) in [5.74, 6) is 0.0746. The number of hydrogen-bond acceptors (Lipinski definition) is 3. The van der Waals surface area contributed by atoms with Crippen LogP contribution in [0.4, 0.5) is 0 Å². The maximum atomic E-state index is 11.1. The first kappa shape index (κ1) is 7.31. The first-order valence-corrected chi connectivity index (χ1v) is 4.06. The maximum Gasteiger partial charge on any atom is 0.456 e. The Hall–Kier alpha value is -0.345. The molecule has 4 heteroatoms. The molecule has 0 heterocycles. The molecule has 2 aliphatic rings. The summed E-state index contributed by atoms with van der Waals surface area (Å²) in [4.78, 5) is 11.1. The molecular formula is C7H11BO3. The second-order valence-corrected chi connectivity index (χ2v) is 3.66. The molecule has 0 radical (unpaired) electrons. The lowest BCUT2D eigenvalue weighted by molar-refractivity contribution is -0.146. The minimum Gasteiger partial charge on any atom is -0.427 e. The second kappa shape index (κ2) is 2.08. The molecule has 0 aliphatic heterocycles. The number of Topliss-reactive ketones (excluding diaryl/α,β-unsaturated/α-hetero) is 1. The Morgan fingerprint density at radius 3 is 2.27 bits per heavy atom. The Morgan fingerprint density at radius 2 is 2.09 bits per heavy atom. The molecule has 2 saturated carbocycles. The van der Waals surface area contributed by atoms with E-state index in [-0.39, 0.29) is 17.0 Å². The first-order chi connectivity index (χ1) is 5.17. The van der Waals surface area contributed by atoms with Crippen molar-refractivity contribution in [1.82, 2.24) is 0 Å². The number of carbonyl (C=O) groups excluding carboxylic acids is 1. The Bertz CT molecular complexity index is 198. The average molecular weight is 154 g/mol. The van der Waals surface area contributed by atoms with Crippen LogP contribution in [0.15, 0.2) is 0 Å². The van der Waals surface area contributed by atoms with Crippen LogP contribution in [0.2, 0.25) is 5.82 Å². The van der Waals surface area contributed by atoms with Crippen LogP contribution in [-0.4, -0.2) is 22.9 Å². The fourth-order valence-electron chi connectivity index (χ4n) is 2.27. The third-order valence-corrected chi connectivity index (χ3v) is 3.28. The Labute approximate surface area is 65.6 Å². The molecule has 0 bridgehead atoms. The maximum absolute atomic E-state index is 11.1. The van der Waals surface area contributed by atoms with Gasteiger partial charge in [-0.1, -0.05) is 6.42 Å². The summed E-state index contributed by atoms with van der Waals surface area (Å²) in [5, 5.41) is 17.8. The van der Waals surface area contributed by atoms with E-state index in [1.807, 2.05) is 0 Å². The largest absolute Gasteiger partial charge is 0.456 e. The van der Waals surface area contributed by atoms with E-state index in [2.05, 4.69) is 0 Å². The Kier molecular flexibility index (Phi) is 1.38. The standard InChI is InChI=1S/C7H11BO3/c9-6-4-5(8(10)11)7(6)2-1-3-7/h5,10-11H,1-4H2. The molecule has 0 aromatic carbocycles. The van der Waals surface area contributed by atoms with E-state index in [0.29, 0.717) is 6.42 Å². The summed E-state index contributed by atoms with van der Waals surface area (Å²) < 4.78 is 0. The van der Waals surface area contributed by atoms with Crippen molar-refractivity contribution in [2.75, 3.05) is 0 Å². The molecule has 2 fully saturated rings. The normalized spacial score (nSPS) is 32.9. The smallest absolute Gasteiger partial charge is 0.427 e. The van der Waals surface area contributed by atoms with E-state index in [0.717, 1.165) is 19.3 Å². The van der Waals surface area contributed by atoms with Crippen molar-refractivity contribution in [2.24, 2.45) is 5.41 Å². The minimum absolute atomic E-state index is 0.163. The molecule has 2 N–H and O–H groups in total. The fraction of sp³-hybridized carbons (Fsp3) is 0.857. The molecule has 3 nitrogen and oxygen atoms in total. The van der Waals surface area contributed by atoms with Gasteiger partial charge < -0.3 is 10.0 Å². The molecule has 2 rings (SSSR count). The quantitative estimate of drug-likeness (QED) is 0.521. The Balaban J connectivity index is 2.11. The van der Waals surface area contributed by atoms with Crippen molar-refractivity contribution in [3.63, 3.8) is 0 Å². The zero-order valence-corrected chi connectivity index (χ0v) is 6.29. The van der Waals surface area contributed by atoms with Crippen LogP contribution in [0.1, 0.15) is 25.7 Å². The summed E-state index contributed by atoms with van der Waals surface area (Å²) in [7, 11) is -1.28. The van der Waals surface area contributed by atoms with Gasteiger partial charge in [0.15, 0.2) is 0 Å². The van der Waals surface area contributed by atoms with E-state index < -0.39 is 7.12 Å². The number of rotatable bonds is 1. The summed E-state index contributed by atoms with van der Waals surface area (Å²) in [6.45, 7) is 0. The van der Waals surface area contributed by atoms with Crippen LogP contribution in [0.5, 0.6) is 0 Å². The van der Waals surface area contributed by atoms with Gasteiger partial charge in [0, 0.05) is 17.7 Å². The highest BCUT2D eigenvalue weighted by atomic mass is 16.4. The van der Waals surface area contributed by atoms with Crippen molar-refractivity contribution in [3.05, 3.63) is 0 Å². The van der Waals surface area contributed by atoms with Crippen molar-refractivity contribution in [2.45, 2.75) is 31.5 Å². The molecule has 1 spiro atoms. The van der Waals surface area contributed by atoms with Gasteiger partial charge in [-0.15, -0.1) is 0 Å². The van der Waals surface area contributed by atoms with Crippen molar-refractivity contribution < 1.29 is 14.8 Å². The molecule has 0 saturated heterocycles. The highest BCUT2D eigenvalue weighted by Gasteiger charge is 2.61. The van der Waals surface area contributed by atoms with Crippen molar-refractivity contribution in [3.8, 4) is 0 Å². The minimum atomic E-state index is -1.28. The monoisotopic (exact) mass is 154 g/mol. The summed E-state index contributed by atoms with van der Waals surface area (Å²) >= 11 is 0. The van der Waals surface area contributed by atoms with E-state index in [1.54, 1.807) is 0 Å². The zero-order valence-electron chi connectivity index (χ0n) is 6.29. The van der Waals surface area contributed by atoms with Crippen LogP contribution in [-0.2, 0) is 4.79 Å². The molecule has 11 heavy (non-hydrogen) atoms. The molecule has 1 atom stereocenters. The summed E-state index contributed by atoms with van der Waals surface area (Å²) in [6.07, 6.45) is 3.18. The lowest BCUT2D eigenvalue weighted by atomic mass is 9.39. The lowest BCUT2D eigenvalue weighted by Gasteiger charge is -2.53. The summed E-state index contributed by atoms with van der Waals surface area (Å²) in [5.41, 5.74) is -0.297. The van der Waals surface area contributed by atoms with Crippen LogP contribution >= 0.6 is 0 Å². The van der Waals surface area contributed by atoms with Gasteiger partial charge in [0.1, 0.15) is 5.78 Å². The number of ketones is 1. The number of carbonyl (C=O) groups is 1. The van der Waals surface area contributed by atoms with Crippen LogP contribution in [0, 0.1) is 5.41 Å². The first-order valence-electron chi connectivity index (χ1n) is 4.06. The highest BCUT2D eigenvalue weighted by Crippen LogP contribution is 2.60. The fourth-order valence-corrected chi connectivity index (χ4v) is 2.27. The van der Waals surface area contributed by atoms with Gasteiger partial charge >= 0.3 is 7.12 Å². The molecule has 2 aliphatic carbocycles. The van der Waals surface area contributed by atoms with E-state index in [9.17, 15) is 4.79 Å². The van der Waals surface area contributed by atoms with Crippen LogP contribution in [0.3, 0.4) is 0 Å². The van der Waals surface area contributed by atoms with E-state index in [1.165, 1.54) is 0 Å². The van der Waals surface area contributed by atoms with Gasteiger partial charge in [0.2, 0.25) is 0 Å². The molecule has 0 aromatic rings. The van der Waals surface area contributed by atoms with E-state index >= 15 is 0 Å². The number of hydrogen-bond donors (Lipinski definition) is 2. The predicted molar refractivity (Wildman–Crippen MR) is 39.8 cm³/mol. The SMILES string of the molecule is O=C1CC(B(O)O)C12CCC2. The van der Waals surface area contributed by atoms with Gasteiger partial charge in [0.25, 0.3) is 0 Å². The molecule has 60 valence electrons. The zero-order chi connectivity index (χ0) is 8.06. The van der Waals surface area contributed by atoms with Crippen LogP contribution in [0.25, 0.3) is 0 Å². The Morgan fingerprint density at radius 1 is 1.45 bits per heavy atom. The summed E-state index contributed by atoms with van der Waals surface area (Å²) in [6, 6.07) is 0. The second-order valence-electron chi connectivity index (χ2n) is 3.66. The van der Waals surface area contributed by atoms with Gasteiger partial charge in [-0.05, 0) is 12.8 Å². The molecular weight excluding hydrogens is 143 g/mol. The van der Waals surface area contributed by atoms with Gasteiger partial charge in [0.05, 0.1) is 0 Å². The molecule has 0 aromatic heterocycles. The van der Waals surface area contributed by atoms with Gasteiger partial charge in [-0.25, -0.2) is 0 Å². The van der Waals surface area contributed by atoms with Crippen LogP contribution < -0.4 is 0 Å². The molecule has 1 unspecified atom stereocenters. The van der Waals surface area contributed by atoms with Gasteiger partial charge in [-0.3, -0.25) is 4.79 Å². The third-order valence-electron chi connectivity index (χ3n) is 3.28. The molecule has 0 amide bonds. The predicted octanol–water partition coefficient (Wildman–Crippen LogP) is -0.0275. The van der Waals surface area contributed by atoms with Crippen molar-refractivity contribution >= 4 is 12.9 Å². The average Bonchev–Trinajstić information content (AvgIpc) is 1.78.